The Morgan fingerprint density at radius 2 is 1.76 bits per heavy atom. The Labute approximate surface area is 196 Å². The van der Waals surface area contributed by atoms with Crippen molar-refractivity contribution in [2.75, 3.05) is 32.2 Å². The molecule has 0 bridgehead atoms. The highest BCUT2D eigenvalue weighted by Gasteiger charge is 2.17. The molecule has 1 atom stereocenters. The molecule has 2 aromatic carbocycles. The van der Waals surface area contributed by atoms with E-state index in [1.54, 1.807) is 18.3 Å². The maximum absolute atomic E-state index is 13.8. The lowest BCUT2D eigenvalue weighted by Gasteiger charge is -2.20. The van der Waals surface area contributed by atoms with E-state index in [0.29, 0.717) is 36.1 Å². The van der Waals surface area contributed by atoms with Crippen LogP contribution >= 0.6 is 0 Å². The summed E-state index contributed by atoms with van der Waals surface area (Å²) in [6.45, 7) is 8.60. The molecule has 3 rings (SSSR count). The van der Waals surface area contributed by atoms with Gasteiger partial charge in [-0.1, -0.05) is 26.8 Å². The molecule has 1 aromatic heterocycles. The third-order valence-electron chi connectivity index (χ3n) is 5.49. The van der Waals surface area contributed by atoms with Crippen LogP contribution in [-0.4, -0.2) is 30.7 Å². The van der Waals surface area contributed by atoms with Crippen molar-refractivity contribution in [3.05, 3.63) is 65.2 Å². The van der Waals surface area contributed by atoms with Crippen molar-refractivity contribution >= 4 is 11.5 Å². The van der Waals surface area contributed by atoms with Crippen LogP contribution in [0.5, 0.6) is 5.75 Å². The van der Waals surface area contributed by atoms with Crippen molar-refractivity contribution < 1.29 is 9.13 Å². The van der Waals surface area contributed by atoms with Crippen LogP contribution in [0.4, 0.5) is 15.9 Å². The Morgan fingerprint density at radius 1 is 1.06 bits per heavy atom. The maximum atomic E-state index is 13.8. The number of hydrogen-bond acceptors (Lipinski definition) is 6. The van der Waals surface area contributed by atoms with Gasteiger partial charge in [-0.15, -0.1) is 0 Å². The zero-order chi connectivity index (χ0) is 24.5. The minimum absolute atomic E-state index is 0.191. The first-order valence-electron chi connectivity index (χ1n) is 11.2. The van der Waals surface area contributed by atoms with Crippen LogP contribution in [0.1, 0.15) is 43.5 Å². The SMILES string of the molecule is CNC.Cc1nc(-c2cc(N)ccc2CCOc2ccc(F)cc2C(C)C(C)C)cnc1N. The quantitative estimate of drug-likeness (QED) is 0.437. The molecule has 0 aliphatic rings. The van der Waals surface area contributed by atoms with Crippen molar-refractivity contribution in [3.8, 4) is 17.0 Å². The minimum atomic E-state index is -0.247. The van der Waals surface area contributed by atoms with E-state index in [-0.39, 0.29) is 11.7 Å². The van der Waals surface area contributed by atoms with Gasteiger partial charge in [0.25, 0.3) is 0 Å². The highest BCUT2D eigenvalue weighted by atomic mass is 19.1. The van der Waals surface area contributed by atoms with Gasteiger partial charge in [0.2, 0.25) is 0 Å². The van der Waals surface area contributed by atoms with E-state index in [1.165, 1.54) is 6.07 Å². The van der Waals surface area contributed by atoms with E-state index in [0.717, 1.165) is 28.1 Å². The summed E-state index contributed by atoms with van der Waals surface area (Å²) in [5, 5.41) is 2.75. The van der Waals surface area contributed by atoms with E-state index >= 15 is 0 Å². The van der Waals surface area contributed by atoms with Gasteiger partial charge in [0.1, 0.15) is 17.4 Å². The highest BCUT2D eigenvalue weighted by molar-refractivity contribution is 5.68. The second-order valence-electron chi connectivity index (χ2n) is 8.46. The molecule has 0 aliphatic carbocycles. The summed E-state index contributed by atoms with van der Waals surface area (Å²) < 4.78 is 19.9. The van der Waals surface area contributed by atoms with Crippen LogP contribution in [0.15, 0.2) is 42.6 Å². The van der Waals surface area contributed by atoms with E-state index in [4.69, 9.17) is 16.2 Å². The van der Waals surface area contributed by atoms with E-state index in [2.05, 4.69) is 36.1 Å². The van der Waals surface area contributed by atoms with Crippen LogP contribution in [0.25, 0.3) is 11.3 Å². The Morgan fingerprint density at radius 3 is 2.39 bits per heavy atom. The molecule has 6 nitrogen and oxygen atoms in total. The third-order valence-corrected chi connectivity index (χ3v) is 5.49. The molecule has 0 radical (unpaired) electrons. The molecule has 1 heterocycles. The molecule has 0 spiro atoms. The van der Waals surface area contributed by atoms with Gasteiger partial charge >= 0.3 is 0 Å². The lowest BCUT2D eigenvalue weighted by molar-refractivity contribution is 0.313. The van der Waals surface area contributed by atoms with Crippen molar-refractivity contribution in [1.82, 2.24) is 15.3 Å². The molecule has 0 saturated heterocycles. The molecule has 5 N–H and O–H groups in total. The molecular formula is C26H36FN5O. The number of nitrogens with two attached hydrogens (primary N) is 2. The van der Waals surface area contributed by atoms with Gasteiger partial charge in [0.05, 0.1) is 24.2 Å². The lowest BCUT2D eigenvalue weighted by atomic mass is 9.89. The molecule has 33 heavy (non-hydrogen) atoms. The van der Waals surface area contributed by atoms with Gasteiger partial charge in [-0.25, -0.2) is 14.4 Å². The standard InChI is InChI=1S/C24H29FN4O.C2H7N/c1-14(2)15(3)20-11-18(25)6-8-23(20)30-10-9-17-5-7-19(26)12-21(17)22-13-28-24(27)16(4)29-22;1-3-2/h5-8,11-15H,9-10,26H2,1-4H3,(H2,27,28);3H,1-2H3. The molecule has 0 aliphatic heterocycles. The largest absolute Gasteiger partial charge is 0.493 e. The predicted molar refractivity (Wildman–Crippen MR) is 135 cm³/mol. The molecule has 3 aromatic rings. The summed E-state index contributed by atoms with van der Waals surface area (Å²) in [4.78, 5) is 8.77. The first kappa shape index (κ1) is 26.1. The number of aromatic nitrogens is 2. The van der Waals surface area contributed by atoms with Gasteiger partial charge in [-0.05, 0) is 68.8 Å². The summed E-state index contributed by atoms with van der Waals surface area (Å²) in [5.41, 5.74) is 16.7. The summed E-state index contributed by atoms with van der Waals surface area (Å²) in [6.07, 6.45) is 2.30. The fourth-order valence-corrected chi connectivity index (χ4v) is 3.31. The molecular weight excluding hydrogens is 417 g/mol. The van der Waals surface area contributed by atoms with Crippen LogP contribution in [-0.2, 0) is 6.42 Å². The zero-order valence-corrected chi connectivity index (χ0v) is 20.4. The first-order valence-corrected chi connectivity index (χ1v) is 11.2. The van der Waals surface area contributed by atoms with Crippen LogP contribution in [0.2, 0.25) is 0 Å². The number of nitrogen functional groups attached to an aromatic ring is 2. The van der Waals surface area contributed by atoms with E-state index < -0.39 is 0 Å². The van der Waals surface area contributed by atoms with E-state index in [9.17, 15) is 4.39 Å². The number of hydrogen-bond donors (Lipinski definition) is 3. The number of anilines is 2. The van der Waals surface area contributed by atoms with Crippen molar-refractivity contribution in [1.29, 1.82) is 0 Å². The summed E-state index contributed by atoms with van der Waals surface area (Å²) in [5.74, 6) is 1.46. The molecule has 178 valence electrons. The highest BCUT2D eigenvalue weighted by Crippen LogP contribution is 2.33. The average molecular weight is 454 g/mol. The Hall–Kier alpha value is -3.19. The van der Waals surface area contributed by atoms with Gasteiger partial charge in [0.15, 0.2) is 0 Å². The molecule has 0 amide bonds. The zero-order valence-electron chi connectivity index (χ0n) is 20.4. The number of ether oxygens (including phenoxy) is 1. The normalized spacial score (nSPS) is 11.6. The Bertz CT molecular complexity index is 1050. The average Bonchev–Trinajstić information content (AvgIpc) is 2.77. The summed E-state index contributed by atoms with van der Waals surface area (Å²) >= 11 is 0. The number of nitrogens with one attached hydrogen (secondary N) is 1. The number of benzene rings is 2. The number of halogens is 1. The van der Waals surface area contributed by atoms with Crippen molar-refractivity contribution in [3.63, 3.8) is 0 Å². The molecule has 0 fully saturated rings. The topological polar surface area (TPSA) is 99.1 Å². The van der Waals surface area contributed by atoms with Crippen LogP contribution in [0, 0.1) is 18.7 Å². The fourth-order valence-electron chi connectivity index (χ4n) is 3.31. The maximum Gasteiger partial charge on any atom is 0.144 e. The predicted octanol–water partition coefficient (Wildman–Crippen LogP) is 4.97. The number of aryl methyl sites for hydroxylation is 1. The first-order chi connectivity index (χ1) is 15.7. The van der Waals surface area contributed by atoms with Gasteiger partial charge in [-0.2, -0.15) is 0 Å². The summed E-state index contributed by atoms with van der Waals surface area (Å²) in [6, 6.07) is 10.4. The van der Waals surface area contributed by atoms with E-state index in [1.807, 2.05) is 39.2 Å². The second-order valence-corrected chi connectivity index (χ2v) is 8.46. The Balaban J connectivity index is 0.00000122. The third kappa shape index (κ3) is 7.15. The molecule has 0 saturated carbocycles. The summed E-state index contributed by atoms with van der Waals surface area (Å²) in [7, 11) is 3.75. The minimum Gasteiger partial charge on any atom is -0.493 e. The molecule has 1 unspecified atom stereocenters. The second kappa shape index (κ2) is 12.2. The van der Waals surface area contributed by atoms with Gasteiger partial charge < -0.3 is 21.5 Å². The number of rotatable bonds is 7. The Kier molecular flexibility index (Phi) is 9.60. The van der Waals surface area contributed by atoms with Crippen LogP contribution in [0.3, 0.4) is 0 Å². The van der Waals surface area contributed by atoms with Gasteiger partial charge in [0, 0.05) is 23.2 Å². The van der Waals surface area contributed by atoms with Crippen molar-refractivity contribution in [2.24, 2.45) is 5.92 Å². The molecule has 7 heteroatoms. The lowest BCUT2D eigenvalue weighted by Crippen LogP contribution is -2.09. The fraction of sp³-hybridized carbons (Fsp3) is 0.385. The van der Waals surface area contributed by atoms with Crippen LogP contribution < -0.4 is 21.5 Å². The monoisotopic (exact) mass is 453 g/mol. The number of nitrogens with zero attached hydrogens (tertiary/aromatic N) is 2. The smallest absolute Gasteiger partial charge is 0.144 e. The van der Waals surface area contributed by atoms with Gasteiger partial charge in [-0.3, -0.25) is 0 Å². The van der Waals surface area contributed by atoms with Crippen molar-refractivity contribution in [2.45, 2.75) is 40.0 Å².